The molecule has 0 spiro atoms. The minimum Gasteiger partial charge on any atom is -0.493 e. The molecule has 0 bridgehead atoms. The standard InChI is InChI=1S/C31H40N2O8/c1-20-28(41-24-13-7-8-14-24)23(18-22-10-5-4-6-11-22)12-9-15-25(31(36)40-20)33-30(35)27-29(39-19-38-21(2)34)26(37-3)16-17-32-27/h4-6,10-11,16-17,20,23-25,28H,7-9,12-15,18-19H2,1-3H3,(H,33,35)/t20-,23+,25-,28-/m0/s1. The number of nitrogens with zero attached hydrogens (tertiary/aromatic N) is 1. The highest BCUT2D eigenvalue weighted by atomic mass is 16.7. The van der Waals surface area contributed by atoms with Crippen molar-refractivity contribution in [2.45, 2.75) is 89.6 Å². The molecular weight excluding hydrogens is 528 g/mol. The average molecular weight is 569 g/mol. The summed E-state index contributed by atoms with van der Waals surface area (Å²) >= 11 is 0. The van der Waals surface area contributed by atoms with E-state index in [9.17, 15) is 14.4 Å². The molecule has 41 heavy (non-hydrogen) atoms. The molecule has 2 aromatic rings. The Hall–Kier alpha value is -3.66. The van der Waals surface area contributed by atoms with Gasteiger partial charge in [0.1, 0.15) is 12.1 Å². The molecule has 1 aromatic carbocycles. The first-order valence-corrected chi connectivity index (χ1v) is 14.4. The van der Waals surface area contributed by atoms with Crippen LogP contribution in [0.3, 0.4) is 0 Å². The molecule has 10 heteroatoms. The van der Waals surface area contributed by atoms with E-state index in [-0.39, 0.29) is 35.3 Å². The second-order valence-electron chi connectivity index (χ2n) is 10.6. The third kappa shape index (κ3) is 8.42. The molecule has 222 valence electrons. The van der Waals surface area contributed by atoms with E-state index < -0.39 is 36.8 Å². The third-order valence-corrected chi connectivity index (χ3v) is 7.65. The lowest BCUT2D eigenvalue weighted by Gasteiger charge is -2.33. The summed E-state index contributed by atoms with van der Waals surface area (Å²) in [6.07, 6.45) is 7.86. The molecular formula is C31H40N2O8. The molecule has 10 nitrogen and oxygen atoms in total. The maximum atomic E-state index is 13.4. The zero-order valence-electron chi connectivity index (χ0n) is 24.0. The lowest BCUT2D eigenvalue weighted by atomic mass is 9.86. The van der Waals surface area contributed by atoms with Gasteiger partial charge in [-0.1, -0.05) is 49.6 Å². The number of pyridine rings is 1. The molecule has 2 fully saturated rings. The topological polar surface area (TPSA) is 122 Å². The number of aromatic nitrogens is 1. The summed E-state index contributed by atoms with van der Waals surface area (Å²) < 4.78 is 28.3. The predicted molar refractivity (Wildman–Crippen MR) is 149 cm³/mol. The summed E-state index contributed by atoms with van der Waals surface area (Å²) in [6, 6.07) is 10.9. The van der Waals surface area contributed by atoms with Crippen LogP contribution in [0.2, 0.25) is 0 Å². The van der Waals surface area contributed by atoms with Crippen molar-refractivity contribution in [1.29, 1.82) is 0 Å². The Kier molecular flexibility index (Phi) is 11.0. The first-order chi connectivity index (χ1) is 19.9. The number of methoxy groups -OCH3 is 1. The van der Waals surface area contributed by atoms with Gasteiger partial charge in [-0.15, -0.1) is 0 Å². The summed E-state index contributed by atoms with van der Waals surface area (Å²) in [5, 5.41) is 2.78. The van der Waals surface area contributed by atoms with Crippen LogP contribution in [0.4, 0.5) is 0 Å². The van der Waals surface area contributed by atoms with Gasteiger partial charge < -0.3 is 29.0 Å². The van der Waals surface area contributed by atoms with Crippen LogP contribution >= 0.6 is 0 Å². The van der Waals surface area contributed by atoms with Crippen molar-refractivity contribution in [3.05, 3.63) is 53.9 Å². The first kappa shape index (κ1) is 30.3. The van der Waals surface area contributed by atoms with Crippen LogP contribution in [0.25, 0.3) is 0 Å². The fraction of sp³-hybridized carbons (Fsp3) is 0.548. The number of amides is 1. The van der Waals surface area contributed by atoms with Crippen molar-refractivity contribution < 1.29 is 38.1 Å². The molecule has 1 aliphatic carbocycles. The van der Waals surface area contributed by atoms with E-state index in [0.29, 0.717) is 12.8 Å². The quantitative estimate of drug-likeness (QED) is 0.328. The Labute approximate surface area is 241 Å². The molecule has 2 aliphatic rings. The van der Waals surface area contributed by atoms with Crippen molar-refractivity contribution in [3.8, 4) is 11.5 Å². The van der Waals surface area contributed by atoms with E-state index in [0.717, 1.165) is 38.5 Å². The normalized spacial score (nSPS) is 23.4. The summed E-state index contributed by atoms with van der Waals surface area (Å²) in [5.74, 6) is -1.30. The van der Waals surface area contributed by atoms with Gasteiger partial charge in [-0.05, 0) is 50.5 Å². The number of nitrogens with one attached hydrogen (secondary N) is 1. The SMILES string of the molecule is COc1ccnc(C(=O)N[C@H]2CCC[C@H](Cc3ccccc3)[C@@H](OC3CCCC3)[C@H](C)OC2=O)c1OCOC(C)=O. The minimum absolute atomic E-state index is 0.00602. The molecule has 0 unspecified atom stereocenters. The van der Waals surface area contributed by atoms with Crippen molar-refractivity contribution in [2.24, 2.45) is 5.92 Å². The number of ether oxygens (including phenoxy) is 5. The van der Waals surface area contributed by atoms with Crippen LogP contribution in [0.1, 0.15) is 74.8 Å². The van der Waals surface area contributed by atoms with Crippen LogP contribution in [0.15, 0.2) is 42.6 Å². The van der Waals surface area contributed by atoms with Crippen LogP contribution in [-0.2, 0) is 30.2 Å². The number of hydrogen-bond donors (Lipinski definition) is 1. The lowest BCUT2D eigenvalue weighted by Crippen LogP contribution is -2.45. The van der Waals surface area contributed by atoms with Gasteiger partial charge in [0.2, 0.25) is 6.79 Å². The highest BCUT2D eigenvalue weighted by Crippen LogP contribution is 2.33. The average Bonchev–Trinajstić information content (AvgIpc) is 3.49. The van der Waals surface area contributed by atoms with Crippen LogP contribution in [0.5, 0.6) is 11.5 Å². The molecule has 4 atom stereocenters. The van der Waals surface area contributed by atoms with Gasteiger partial charge in [-0.2, -0.15) is 0 Å². The summed E-state index contributed by atoms with van der Waals surface area (Å²) in [7, 11) is 1.42. The van der Waals surface area contributed by atoms with E-state index in [1.807, 2.05) is 25.1 Å². The Balaban J connectivity index is 1.51. The number of carbonyl (C=O) groups excluding carboxylic acids is 3. The number of hydrogen-bond acceptors (Lipinski definition) is 9. The number of cyclic esters (lactones) is 1. The second-order valence-corrected chi connectivity index (χ2v) is 10.6. The van der Waals surface area contributed by atoms with E-state index in [1.165, 1.54) is 31.9 Å². The zero-order valence-corrected chi connectivity index (χ0v) is 24.0. The summed E-state index contributed by atoms with van der Waals surface area (Å²) in [5.41, 5.74) is 1.12. The Bertz CT molecular complexity index is 1170. The predicted octanol–water partition coefficient (Wildman–Crippen LogP) is 4.39. The Morgan fingerprint density at radius 2 is 1.80 bits per heavy atom. The van der Waals surface area contributed by atoms with Gasteiger partial charge in [0, 0.05) is 19.2 Å². The van der Waals surface area contributed by atoms with Crippen LogP contribution in [-0.4, -0.2) is 61.1 Å². The van der Waals surface area contributed by atoms with Crippen molar-refractivity contribution in [1.82, 2.24) is 10.3 Å². The highest BCUT2D eigenvalue weighted by molar-refractivity contribution is 5.98. The molecule has 4 rings (SSSR count). The zero-order chi connectivity index (χ0) is 29.2. The Morgan fingerprint density at radius 3 is 2.51 bits per heavy atom. The molecule has 2 heterocycles. The maximum absolute atomic E-state index is 13.4. The number of benzene rings is 1. The summed E-state index contributed by atoms with van der Waals surface area (Å²) in [6.45, 7) is 2.70. The van der Waals surface area contributed by atoms with E-state index in [1.54, 1.807) is 0 Å². The maximum Gasteiger partial charge on any atom is 0.329 e. The molecule has 1 amide bonds. The molecule has 0 radical (unpaired) electrons. The third-order valence-electron chi connectivity index (χ3n) is 7.65. The number of carbonyl (C=O) groups is 3. The number of esters is 2. The van der Waals surface area contributed by atoms with Gasteiger partial charge in [0.15, 0.2) is 17.2 Å². The van der Waals surface area contributed by atoms with Crippen LogP contribution < -0.4 is 14.8 Å². The fourth-order valence-electron chi connectivity index (χ4n) is 5.61. The second kappa shape index (κ2) is 14.8. The van der Waals surface area contributed by atoms with Gasteiger partial charge in [-0.25, -0.2) is 9.78 Å². The smallest absolute Gasteiger partial charge is 0.329 e. The number of rotatable bonds is 10. The van der Waals surface area contributed by atoms with Gasteiger partial charge in [0.25, 0.3) is 5.91 Å². The molecule has 1 saturated carbocycles. The van der Waals surface area contributed by atoms with E-state index >= 15 is 0 Å². The van der Waals surface area contributed by atoms with Gasteiger partial charge >= 0.3 is 11.9 Å². The largest absolute Gasteiger partial charge is 0.493 e. The van der Waals surface area contributed by atoms with Crippen molar-refractivity contribution in [3.63, 3.8) is 0 Å². The lowest BCUT2D eigenvalue weighted by molar-refractivity contribution is -0.165. The van der Waals surface area contributed by atoms with Crippen molar-refractivity contribution in [2.75, 3.05) is 13.9 Å². The van der Waals surface area contributed by atoms with Gasteiger partial charge in [-0.3, -0.25) is 9.59 Å². The van der Waals surface area contributed by atoms with Gasteiger partial charge in [0.05, 0.1) is 19.3 Å². The fourth-order valence-corrected chi connectivity index (χ4v) is 5.61. The van der Waals surface area contributed by atoms with Crippen LogP contribution in [0, 0.1) is 5.92 Å². The summed E-state index contributed by atoms with van der Waals surface area (Å²) in [4.78, 5) is 42.1. The minimum atomic E-state index is -0.887. The Morgan fingerprint density at radius 1 is 1.05 bits per heavy atom. The van der Waals surface area contributed by atoms with E-state index in [4.69, 9.17) is 23.7 Å². The first-order valence-electron chi connectivity index (χ1n) is 14.4. The molecule has 1 aliphatic heterocycles. The molecule has 1 N–H and O–H groups in total. The molecule has 1 saturated heterocycles. The highest BCUT2D eigenvalue weighted by Gasteiger charge is 2.37. The monoisotopic (exact) mass is 568 g/mol. The van der Waals surface area contributed by atoms with E-state index in [2.05, 4.69) is 22.4 Å². The molecule has 1 aromatic heterocycles. The van der Waals surface area contributed by atoms with Crippen molar-refractivity contribution >= 4 is 17.8 Å².